The lowest BCUT2D eigenvalue weighted by Gasteiger charge is -2.37. The smallest absolute Gasteiger partial charge is 0.414 e. The van der Waals surface area contributed by atoms with E-state index in [1.807, 2.05) is 26.0 Å². The lowest BCUT2D eigenvalue weighted by atomic mass is 9.88. The standard InChI is InChI=1S/C28H42N2O5S/c1-5-6-7-8-9-10-11-12-13-14-16-21-17-15-18-22(35-19(2)3)24(21)25-23(26(31)32)20(4)29-27(36)30(25)28(33)34/h15,17-19,25H,5-14,16H2,1-4H3,(H,29,36)(H,31,32)(H,33,34). The molecule has 0 radical (unpaired) electrons. The molecule has 0 saturated heterocycles. The van der Waals surface area contributed by atoms with Gasteiger partial charge in [-0.3, -0.25) is 0 Å². The van der Waals surface area contributed by atoms with Crippen LogP contribution in [0.4, 0.5) is 4.79 Å². The quantitative estimate of drug-likeness (QED) is 0.167. The number of thiocarbonyl (C=S) groups is 1. The zero-order valence-electron chi connectivity index (χ0n) is 22.1. The SMILES string of the molecule is CCCCCCCCCCCCc1cccc(OC(C)C)c1C1C(C(=O)O)=C(C)NC(=S)N1C(=O)O. The van der Waals surface area contributed by atoms with Crippen LogP contribution in [-0.2, 0) is 11.2 Å². The van der Waals surface area contributed by atoms with Crippen molar-refractivity contribution in [2.45, 2.75) is 110 Å². The summed E-state index contributed by atoms with van der Waals surface area (Å²) in [6, 6.07) is 4.50. The van der Waals surface area contributed by atoms with Crippen molar-refractivity contribution in [2.24, 2.45) is 0 Å². The minimum absolute atomic E-state index is 0.0424. The van der Waals surface area contributed by atoms with Crippen molar-refractivity contribution in [3.63, 3.8) is 0 Å². The molecule has 1 aliphatic rings. The predicted octanol–water partition coefficient (Wildman–Crippen LogP) is 7.21. The van der Waals surface area contributed by atoms with Gasteiger partial charge < -0.3 is 20.3 Å². The molecule has 0 aliphatic carbocycles. The lowest BCUT2D eigenvalue weighted by molar-refractivity contribution is -0.133. The molecule has 3 N–H and O–H groups in total. The van der Waals surface area contributed by atoms with Crippen LogP contribution in [0.1, 0.15) is 109 Å². The van der Waals surface area contributed by atoms with E-state index in [4.69, 9.17) is 17.0 Å². The second-order valence-electron chi connectivity index (χ2n) is 9.76. The number of amides is 1. The normalized spacial score (nSPS) is 15.9. The first-order chi connectivity index (χ1) is 17.2. The Labute approximate surface area is 220 Å². The van der Waals surface area contributed by atoms with Crippen LogP contribution < -0.4 is 10.1 Å². The molecule has 0 saturated carbocycles. The number of allylic oxidation sites excluding steroid dienone is 1. The molecule has 1 aromatic rings. The average molecular weight is 519 g/mol. The number of hydrogen-bond acceptors (Lipinski definition) is 4. The van der Waals surface area contributed by atoms with Crippen LogP contribution in [0.5, 0.6) is 5.75 Å². The fraction of sp³-hybridized carbons (Fsp3) is 0.607. The number of unbranched alkanes of at least 4 members (excludes halogenated alkanes) is 9. The number of aryl methyl sites for hydroxylation is 1. The minimum atomic E-state index is -1.31. The molecule has 0 spiro atoms. The largest absolute Gasteiger partial charge is 0.491 e. The fourth-order valence-corrected chi connectivity index (χ4v) is 5.10. The van der Waals surface area contributed by atoms with E-state index in [-0.39, 0.29) is 16.8 Å². The van der Waals surface area contributed by atoms with Crippen LogP contribution in [0.3, 0.4) is 0 Å². The van der Waals surface area contributed by atoms with Crippen molar-refractivity contribution in [3.8, 4) is 5.75 Å². The third-order valence-corrected chi connectivity index (χ3v) is 6.78. The summed E-state index contributed by atoms with van der Waals surface area (Å²) < 4.78 is 6.07. The van der Waals surface area contributed by atoms with E-state index in [2.05, 4.69) is 12.2 Å². The van der Waals surface area contributed by atoms with Gasteiger partial charge in [-0.15, -0.1) is 0 Å². The molecule has 1 heterocycles. The van der Waals surface area contributed by atoms with Crippen LogP contribution in [0, 0.1) is 0 Å². The number of aliphatic carboxylic acids is 1. The summed E-state index contributed by atoms with van der Waals surface area (Å²) in [5.74, 6) is -0.704. The zero-order valence-corrected chi connectivity index (χ0v) is 23.0. The molecule has 1 amide bonds. The first-order valence-electron chi connectivity index (χ1n) is 13.2. The third-order valence-electron chi connectivity index (χ3n) is 6.48. The van der Waals surface area contributed by atoms with Crippen molar-refractivity contribution in [1.82, 2.24) is 10.2 Å². The van der Waals surface area contributed by atoms with Gasteiger partial charge in [-0.2, -0.15) is 0 Å². The number of nitrogens with one attached hydrogen (secondary N) is 1. The highest BCUT2D eigenvalue weighted by molar-refractivity contribution is 7.80. The van der Waals surface area contributed by atoms with E-state index in [1.54, 1.807) is 13.0 Å². The Morgan fingerprint density at radius 2 is 1.61 bits per heavy atom. The maximum absolute atomic E-state index is 12.3. The van der Waals surface area contributed by atoms with Crippen molar-refractivity contribution in [1.29, 1.82) is 0 Å². The van der Waals surface area contributed by atoms with E-state index in [0.717, 1.165) is 29.7 Å². The van der Waals surface area contributed by atoms with Gasteiger partial charge in [-0.05, 0) is 57.5 Å². The molecular weight excluding hydrogens is 476 g/mol. The molecular formula is C28H42N2O5S. The molecule has 1 atom stereocenters. The molecule has 200 valence electrons. The first kappa shape index (κ1) is 29.6. The minimum Gasteiger partial charge on any atom is -0.491 e. The Balaban J connectivity index is 2.27. The molecule has 36 heavy (non-hydrogen) atoms. The van der Waals surface area contributed by atoms with Crippen LogP contribution in [0.2, 0.25) is 0 Å². The summed E-state index contributed by atoms with van der Waals surface area (Å²) in [6.45, 7) is 7.62. The number of carbonyl (C=O) groups is 2. The van der Waals surface area contributed by atoms with Gasteiger partial charge in [-0.25, -0.2) is 14.5 Å². The van der Waals surface area contributed by atoms with Gasteiger partial charge in [-0.1, -0.05) is 76.8 Å². The van der Waals surface area contributed by atoms with E-state index >= 15 is 0 Å². The van der Waals surface area contributed by atoms with E-state index in [0.29, 0.717) is 23.4 Å². The number of carboxylic acids is 1. The van der Waals surface area contributed by atoms with Gasteiger partial charge in [0.05, 0.1) is 11.7 Å². The molecule has 0 bridgehead atoms. The molecule has 0 aromatic heterocycles. The van der Waals surface area contributed by atoms with Gasteiger partial charge in [0.25, 0.3) is 0 Å². The second-order valence-corrected chi connectivity index (χ2v) is 10.1. The summed E-state index contributed by atoms with van der Waals surface area (Å²) in [4.78, 5) is 25.5. The van der Waals surface area contributed by atoms with E-state index < -0.39 is 18.1 Å². The monoisotopic (exact) mass is 518 g/mol. The van der Waals surface area contributed by atoms with Crippen LogP contribution in [-0.4, -0.2) is 38.4 Å². The van der Waals surface area contributed by atoms with Crippen molar-refractivity contribution in [3.05, 3.63) is 40.6 Å². The highest BCUT2D eigenvalue weighted by Gasteiger charge is 2.42. The average Bonchev–Trinajstić information content (AvgIpc) is 2.79. The lowest BCUT2D eigenvalue weighted by Crippen LogP contribution is -2.50. The Morgan fingerprint density at radius 3 is 2.14 bits per heavy atom. The van der Waals surface area contributed by atoms with E-state index in [1.165, 1.54) is 44.9 Å². The highest BCUT2D eigenvalue weighted by Crippen LogP contribution is 2.41. The summed E-state index contributed by atoms with van der Waals surface area (Å²) in [7, 11) is 0. The number of rotatable bonds is 15. The Hall–Kier alpha value is -2.61. The van der Waals surface area contributed by atoms with Crippen LogP contribution in [0.15, 0.2) is 29.5 Å². The predicted molar refractivity (Wildman–Crippen MR) is 146 cm³/mol. The first-order valence-corrected chi connectivity index (χ1v) is 13.6. The molecule has 7 nitrogen and oxygen atoms in total. The molecule has 1 aliphatic heterocycles. The second kappa shape index (κ2) is 14.8. The molecule has 8 heteroatoms. The Morgan fingerprint density at radius 1 is 1.03 bits per heavy atom. The maximum Gasteiger partial charge on any atom is 0.414 e. The van der Waals surface area contributed by atoms with Gasteiger partial charge >= 0.3 is 12.1 Å². The van der Waals surface area contributed by atoms with Crippen LogP contribution in [0.25, 0.3) is 0 Å². The summed E-state index contributed by atoms with van der Waals surface area (Å²) in [6.07, 6.45) is 11.4. The maximum atomic E-state index is 12.3. The fourth-order valence-electron chi connectivity index (χ4n) is 4.76. The number of hydrogen-bond donors (Lipinski definition) is 3. The van der Waals surface area contributed by atoms with E-state index in [9.17, 15) is 19.8 Å². The van der Waals surface area contributed by atoms with Crippen LogP contribution >= 0.6 is 12.2 Å². The molecule has 0 fully saturated rings. The molecule has 1 unspecified atom stereocenters. The number of benzene rings is 1. The number of carboxylic acid groups (broad SMARTS) is 2. The topological polar surface area (TPSA) is 99.1 Å². The molecule has 1 aromatic carbocycles. The summed E-state index contributed by atoms with van der Waals surface area (Å²) in [5.41, 5.74) is 1.74. The Bertz CT molecular complexity index is 944. The summed E-state index contributed by atoms with van der Waals surface area (Å²) >= 11 is 5.32. The van der Waals surface area contributed by atoms with Gasteiger partial charge in [0.15, 0.2) is 5.11 Å². The Kier molecular flexibility index (Phi) is 12.2. The third kappa shape index (κ3) is 8.22. The molecule has 2 rings (SSSR count). The number of ether oxygens (including phenoxy) is 1. The van der Waals surface area contributed by atoms with Gasteiger partial charge in [0.1, 0.15) is 11.8 Å². The number of nitrogens with zero attached hydrogens (tertiary/aromatic N) is 1. The summed E-state index contributed by atoms with van der Waals surface area (Å²) in [5, 5.41) is 22.8. The zero-order chi connectivity index (χ0) is 26.7. The highest BCUT2D eigenvalue weighted by atomic mass is 32.1. The van der Waals surface area contributed by atoms with Gasteiger partial charge in [0.2, 0.25) is 0 Å². The van der Waals surface area contributed by atoms with Crippen molar-refractivity contribution >= 4 is 29.4 Å². The van der Waals surface area contributed by atoms with Crippen molar-refractivity contribution < 1.29 is 24.5 Å². The van der Waals surface area contributed by atoms with Crippen molar-refractivity contribution in [2.75, 3.05) is 0 Å². The van der Waals surface area contributed by atoms with Gasteiger partial charge in [0, 0.05) is 11.3 Å².